The lowest BCUT2D eigenvalue weighted by Crippen LogP contribution is -1.87. The number of ether oxygens (including phenoxy) is 1. The molecular formula is C7H9ClO2. The number of alkyl halides is 1. The minimum Gasteiger partial charge on any atom is -0.468 e. The number of methoxy groups -OCH3 is 1. The molecule has 0 aromatic carbocycles. The van der Waals surface area contributed by atoms with Crippen LogP contribution in [0.1, 0.15) is 11.3 Å². The van der Waals surface area contributed by atoms with Gasteiger partial charge in [-0.25, -0.2) is 0 Å². The van der Waals surface area contributed by atoms with Crippen molar-refractivity contribution in [2.45, 2.75) is 12.5 Å². The van der Waals surface area contributed by atoms with Gasteiger partial charge in [0, 0.05) is 12.7 Å². The van der Waals surface area contributed by atoms with Gasteiger partial charge in [0.1, 0.15) is 5.76 Å². The molecule has 0 unspecified atom stereocenters. The fraction of sp³-hybridized carbons (Fsp3) is 0.429. The van der Waals surface area contributed by atoms with Crippen LogP contribution in [0.3, 0.4) is 0 Å². The summed E-state index contributed by atoms with van der Waals surface area (Å²) in [4.78, 5) is 0. The standard InChI is InChI=1S/C7H9ClO2/c1-9-5-6-2-3-10-7(6)4-8/h2-3H,4-5H2,1H3. The molecule has 0 saturated heterocycles. The molecule has 1 rings (SSSR count). The molecule has 56 valence electrons. The fourth-order valence-electron chi connectivity index (χ4n) is 0.768. The van der Waals surface area contributed by atoms with Gasteiger partial charge >= 0.3 is 0 Å². The van der Waals surface area contributed by atoms with Gasteiger partial charge in [0.05, 0.1) is 18.8 Å². The van der Waals surface area contributed by atoms with Crippen LogP contribution in [0.5, 0.6) is 0 Å². The Morgan fingerprint density at radius 2 is 2.50 bits per heavy atom. The van der Waals surface area contributed by atoms with Crippen LogP contribution in [-0.4, -0.2) is 7.11 Å². The van der Waals surface area contributed by atoms with E-state index < -0.39 is 0 Å². The molecule has 1 heterocycles. The molecule has 0 amide bonds. The topological polar surface area (TPSA) is 22.4 Å². The monoisotopic (exact) mass is 160 g/mol. The van der Waals surface area contributed by atoms with Gasteiger partial charge in [0.25, 0.3) is 0 Å². The van der Waals surface area contributed by atoms with Crippen molar-refractivity contribution in [1.82, 2.24) is 0 Å². The molecule has 0 spiro atoms. The quantitative estimate of drug-likeness (QED) is 0.633. The van der Waals surface area contributed by atoms with E-state index in [4.69, 9.17) is 20.8 Å². The summed E-state index contributed by atoms with van der Waals surface area (Å²) in [6.07, 6.45) is 1.62. The molecule has 0 saturated carbocycles. The van der Waals surface area contributed by atoms with E-state index in [0.717, 1.165) is 11.3 Å². The number of furan rings is 1. The van der Waals surface area contributed by atoms with Crippen LogP contribution >= 0.6 is 11.6 Å². The van der Waals surface area contributed by atoms with Crippen LogP contribution < -0.4 is 0 Å². The van der Waals surface area contributed by atoms with E-state index in [9.17, 15) is 0 Å². The van der Waals surface area contributed by atoms with E-state index in [0.29, 0.717) is 12.5 Å². The summed E-state index contributed by atoms with van der Waals surface area (Å²) in [7, 11) is 1.64. The van der Waals surface area contributed by atoms with Crippen LogP contribution in [0.4, 0.5) is 0 Å². The highest BCUT2D eigenvalue weighted by Gasteiger charge is 2.02. The molecule has 0 fully saturated rings. The molecule has 0 bridgehead atoms. The van der Waals surface area contributed by atoms with Crippen molar-refractivity contribution in [3.05, 3.63) is 23.7 Å². The highest BCUT2D eigenvalue weighted by molar-refractivity contribution is 6.16. The first-order valence-electron chi connectivity index (χ1n) is 2.98. The molecule has 1 aromatic rings. The maximum absolute atomic E-state index is 5.56. The molecular weight excluding hydrogens is 152 g/mol. The summed E-state index contributed by atoms with van der Waals surface area (Å²) in [5, 5.41) is 0. The third kappa shape index (κ3) is 1.52. The van der Waals surface area contributed by atoms with Crippen LogP contribution in [0, 0.1) is 0 Å². The lowest BCUT2D eigenvalue weighted by molar-refractivity contribution is 0.183. The van der Waals surface area contributed by atoms with Crippen molar-refractivity contribution in [3.8, 4) is 0 Å². The van der Waals surface area contributed by atoms with Crippen molar-refractivity contribution in [1.29, 1.82) is 0 Å². The van der Waals surface area contributed by atoms with E-state index in [2.05, 4.69) is 0 Å². The van der Waals surface area contributed by atoms with E-state index in [1.807, 2.05) is 6.07 Å². The molecule has 0 aliphatic rings. The lowest BCUT2D eigenvalue weighted by Gasteiger charge is -1.95. The Morgan fingerprint density at radius 1 is 1.70 bits per heavy atom. The van der Waals surface area contributed by atoms with Crippen LogP contribution in [0.25, 0.3) is 0 Å². The Hall–Kier alpha value is -0.470. The predicted molar refractivity (Wildman–Crippen MR) is 39.0 cm³/mol. The zero-order chi connectivity index (χ0) is 7.40. The first kappa shape index (κ1) is 7.63. The van der Waals surface area contributed by atoms with Crippen molar-refractivity contribution < 1.29 is 9.15 Å². The first-order chi connectivity index (χ1) is 4.88. The van der Waals surface area contributed by atoms with Crippen LogP contribution in [0.15, 0.2) is 16.7 Å². The Bertz CT molecular complexity index is 195. The summed E-state index contributed by atoms with van der Waals surface area (Å²) in [6, 6.07) is 1.86. The van der Waals surface area contributed by atoms with Gasteiger partial charge in [-0.3, -0.25) is 0 Å². The largest absolute Gasteiger partial charge is 0.468 e. The highest BCUT2D eigenvalue weighted by Crippen LogP contribution is 2.13. The zero-order valence-electron chi connectivity index (χ0n) is 5.76. The summed E-state index contributed by atoms with van der Waals surface area (Å²) in [5.74, 6) is 1.20. The number of hydrogen-bond donors (Lipinski definition) is 0. The van der Waals surface area contributed by atoms with Crippen molar-refractivity contribution in [2.75, 3.05) is 7.11 Å². The SMILES string of the molecule is COCc1ccoc1CCl. The Balaban J connectivity index is 2.70. The lowest BCUT2D eigenvalue weighted by atomic mass is 10.3. The zero-order valence-corrected chi connectivity index (χ0v) is 6.52. The predicted octanol–water partition coefficient (Wildman–Crippen LogP) is 2.16. The molecule has 0 N–H and O–H groups in total. The Labute approximate surface area is 64.7 Å². The average molecular weight is 161 g/mol. The minimum absolute atomic E-state index is 0.408. The average Bonchev–Trinajstić information content (AvgIpc) is 2.36. The van der Waals surface area contributed by atoms with Gasteiger partial charge in [-0.15, -0.1) is 11.6 Å². The smallest absolute Gasteiger partial charge is 0.124 e. The van der Waals surface area contributed by atoms with E-state index in [1.165, 1.54) is 0 Å². The fourth-order valence-corrected chi connectivity index (χ4v) is 1.00. The minimum atomic E-state index is 0.408. The van der Waals surface area contributed by atoms with E-state index in [-0.39, 0.29) is 0 Å². The van der Waals surface area contributed by atoms with Gasteiger partial charge in [-0.2, -0.15) is 0 Å². The van der Waals surface area contributed by atoms with Gasteiger partial charge in [0.15, 0.2) is 0 Å². The summed E-state index contributed by atoms with van der Waals surface area (Å²) < 4.78 is 9.96. The van der Waals surface area contributed by atoms with Gasteiger partial charge in [0.2, 0.25) is 0 Å². The Kier molecular flexibility index (Phi) is 2.78. The second-order valence-corrected chi connectivity index (χ2v) is 2.20. The highest BCUT2D eigenvalue weighted by atomic mass is 35.5. The van der Waals surface area contributed by atoms with Crippen LogP contribution in [-0.2, 0) is 17.2 Å². The summed E-state index contributed by atoms with van der Waals surface area (Å²) >= 11 is 5.56. The molecule has 10 heavy (non-hydrogen) atoms. The molecule has 1 aromatic heterocycles. The van der Waals surface area contributed by atoms with Crippen molar-refractivity contribution >= 4 is 11.6 Å². The third-order valence-electron chi connectivity index (χ3n) is 1.26. The second-order valence-electron chi connectivity index (χ2n) is 1.94. The number of halogens is 1. The first-order valence-corrected chi connectivity index (χ1v) is 3.52. The van der Waals surface area contributed by atoms with Gasteiger partial charge in [-0.05, 0) is 6.07 Å². The van der Waals surface area contributed by atoms with Crippen molar-refractivity contribution in [3.63, 3.8) is 0 Å². The molecule has 0 aliphatic carbocycles. The van der Waals surface area contributed by atoms with E-state index >= 15 is 0 Å². The summed E-state index contributed by atoms with van der Waals surface area (Å²) in [6.45, 7) is 0.568. The Morgan fingerprint density at radius 3 is 3.10 bits per heavy atom. The van der Waals surface area contributed by atoms with Crippen molar-refractivity contribution in [2.24, 2.45) is 0 Å². The normalized spacial score (nSPS) is 10.2. The molecule has 0 aliphatic heterocycles. The molecule has 2 nitrogen and oxygen atoms in total. The van der Waals surface area contributed by atoms with Crippen LogP contribution in [0.2, 0.25) is 0 Å². The number of hydrogen-bond acceptors (Lipinski definition) is 2. The molecule has 0 radical (unpaired) electrons. The molecule has 0 atom stereocenters. The maximum atomic E-state index is 5.56. The molecule has 3 heteroatoms. The third-order valence-corrected chi connectivity index (χ3v) is 1.50. The second kappa shape index (κ2) is 3.64. The number of rotatable bonds is 3. The van der Waals surface area contributed by atoms with Gasteiger partial charge in [-0.1, -0.05) is 0 Å². The maximum Gasteiger partial charge on any atom is 0.124 e. The van der Waals surface area contributed by atoms with Gasteiger partial charge < -0.3 is 9.15 Å². The summed E-state index contributed by atoms with van der Waals surface area (Å²) in [5.41, 5.74) is 1.03. The van der Waals surface area contributed by atoms with E-state index in [1.54, 1.807) is 13.4 Å².